The number of ether oxygens (including phenoxy) is 2. The van der Waals surface area contributed by atoms with E-state index in [1.807, 2.05) is 6.92 Å². The van der Waals surface area contributed by atoms with Crippen LogP contribution in [0.5, 0.6) is 0 Å². The first kappa shape index (κ1) is 18.0. The molecular weight excluding hydrogens is 332 g/mol. The maximum atomic E-state index is 13.0. The molecule has 2 bridgehead atoms. The second-order valence-electron chi connectivity index (χ2n) is 8.69. The van der Waals surface area contributed by atoms with E-state index in [0.717, 1.165) is 50.5 Å². The molecule has 2 saturated carbocycles. The molecule has 6 heteroatoms. The Bertz CT molecular complexity index is 636. The monoisotopic (exact) mass is 362 g/mol. The van der Waals surface area contributed by atoms with Crippen LogP contribution in [0, 0.1) is 5.41 Å². The van der Waals surface area contributed by atoms with Crippen LogP contribution in [0.3, 0.4) is 0 Å². The standard InChI is InChI=1S/C20H30N2O4/c1-14(15-4-5-15)16(23)21-8-3-9-22-17(24)19-12-18(2,13-19)26-20(19)6-10-25-11-7-20/h3-13H2,1-2H3,(H,21,23)(H,22,24). The number of allylic oxidation sites excluding steroid dienone is 1. The maximum absolute atomic E-state index is 13.0. The molecule has 0 atom stereocenters. The Hall–Kier alpha value is -1.40. The van der Waals surface area contributed by atoms with Gasteiger partial charge in [0.2, 0.25) is 11.8 Å². The number of hydrogen-bond acceptors (Lipinski definition) is 4. The summed E-state index contributed by atoms with van der Waals surface area (Å²) in [5.74, 6) is 0.152. The van der Waals surface area contributed by atoms with E-state index in [9.17, 15) is 9.59 Å². The smallest absolute Gasteiger partial charge is 0.246 e. The van der Waals surface area contributed by atoms with Crippen LogP contribution in [-0.4, -0.2) is 49.3 Å². The first-order valence-corrected chi connectivity index (χ1v) is 9.93. The predicted octanol–water partition coefficient (Wildman–Crippen LogP) is 1.84. The first-order valence-electron chi connectivity index (χ1n) is 9.93. The third-order valence-electron chi connectivity index (χ3n) is 6.70. The maximum Gasteiger partial charge on any atom is 0.246 e. The zero-order valence-electron chi connectivity index (χ0n) is 15.9. The third-order valence-corrected chi connectivity index (χ3v) is 6.70. The highest BCUT2D eigenvalue weighted by molar-refractivity contribution is 5.94. The van der Waals surface area contributed by atoms with Gasteiger partial charge in [-0.05, 0) is 46.0 Å². The zero-order valence-corrected chi connectivity index (χ0v) is 15.9. The molecule has 2 amide bonds. The Morgan fingerprint density at radius 1 is 1.08 bits per heavy atom. The van der Waals surface area contributed by atoms with Crippen molar-refractivity contribution in [2.75, 3.05) is 26.3 Å². The van der Waals surface area contributed by atoms with Crippen molar-refractivity contribution in [3.8, 4) is 0 Å². The summed E-state index contributed by atoms with van der Waals surface area (Å²) in [6, 6.07) is 0. The van der Waals surface area contributed by atoms with Crippen molar-refractivity contribution in [1.29, 1.82) is 0 Å². The molecule has 0 aromatic rings. The van der Waals surface area contributed by atoms with E-state index >= 15 is 0 Å². The van der Waals surface area contributed by atoms with Crippen molar-refractivity contribution in [2.45, 2.75) is 70.0 Å². The number of rotatable bonds is 6. The summed E-state index contributed by atoms with van der Waals surface area (Å²) in [5.41, 5.74) is 1.27. The minimum absolute atomic E-state index is 0.0301. The van der Waals surface area contributed by atoms with Crippen LogP contribution in [0.15, 0.2) is 11.1 Å². The summed E-state index contributed by atoms with van der Waals surface area (Å²) >= 11 is 0. The van der Waals surface area contributed by atoms with Crippen molar-refractivity contribution in [2.24, 2.45) is 5.41 Å². The topological polar surface area (TPSA) is 76.7 Å². The van der Waals surface area contributed by atoms with Gasteiger partial charge in [-0.2, -0.15) is 0 Å². The third kappa shape index (κ3) is 2.87. The lowest BCUT2D eigenvalue weighted by molar-refractivity contribution is -0.146. The molecule has 5 fully saturated rings. The van der Waals surface area contributed by atoms with Gasteiger partial charge in [0.1, 0.15) is 0 Å². The first-order chi connectivity index (χ1) is 12.4. The molecule has 0 unspecified atom stereocenters. The molecule has 3 heterocycles. The molecule has 0 aromatic carbocycles. The number of hydrogen-bond donors (Lipinski definition) is 2. The average Bonchev–Trinajstić information content (AvgIpc) is 3.37. The molecule has 1 spiro atoms. The van der Waals surface area contributed by atoms with Gasteiger partial charge in [0.15, 0.2) is 0 Å². The zero-order chi connectivity index (χ0) is 18.4. The Morgan fingerprint density at radius 3 is 2.38 bits per heavy atom. The molecule has 144 valence electrons. The minimum atomic E-state index is -0.387. The second kappa shape index (κ2) is 6.34. The molecule has 3 saturated heterocycles. The number of carbonyl (C=O) groups excluding carboxylic acids is 2. The Kier molecular flexibility index (Phi) is 4.39. The molecular formula is C20H30N2O4. The van der Waals surface area contributed by atoms with Crippen molar-refractivity contribution in [1.82, 2.24) is 10.6 Å². The predicted molar refractivity (Wildman–Crippen MR) is 96.5 cm³/mol. The molecule has 0 aromatic heterocycles. The van der Waals surface area contributed by atoms with Crippen molar-refractivity contribution in [3.05, 3.63) is 11.1 Å². The van der Waals surface area contributed by atoms with Crippen LogP contribution < -0.4 is 10.6 Å². The van der Waals surface area contributed by atoms with E-state index in [0.29, 0.717) is 26.3 Å². The van der Waals surface area contributed by atoms with E-state index in [2.05, 4.69) is 17.6 Å². The van der Waals surface area contributed by atoms with Gasteiger partial charge in [0, 0.05) is 44.7 Å². The molecule has 3 aliphatic heterocycles. The van der Waals surface area contributed by atoms with Crippen LogP contribution in [0.25, 0.3) is 0 Å². The SMILES string of the molecule is CC(C(=O)NCCCNC(=O)C12CC(C)(C1)OC21CCOCC1)=C1CC1. The van der Waals surface area contributed by atoms with Gasteiger partial charge >= 0.3 is 0 Å². The van der Waals surface area contributed by atoms with Crippen LogP contribution in [0.1, 0.15) is 58.8 Å². The molecule has 5 aliphatic rings. The fourth-order valence-electron chi connectivity index (χ4n) is 5.23. The Labute approximate surface area is 155 Å². The molecule has 6 nitrogen and oxygen atoms in total. The Morgan fingerprint density at radius 2 is 1.73 bits per heavy atom. The van der Waals surface area contributed by atoms with Gasteiger partial charge in [0.05, 0.1) is 16.6 Å². The summed E-state index contributed by atoms with van der Waals surface area (Å²) < 4.78 is 11.9. The van der Waals surface area contributed by atoms with Gasteiger partial charge in [0.25, 0.3) is 0 Å². The lowest BCUT2D eigenvalue weighted by Crippen LogP contribution is -2.59. The van der Waals surface area contributed by atoms with E-state index in [-0.39, 0.29) is 28.4 Å². The summed E-state index contributed by atoms with van der Waals surface area (Å²) in [4.78, 5) is 24.9. The normalized spacial score (nSPS) is 33.5. The summed E-state index contributed by atoms with van der Waals surface area (Å²) in [6.45, 7) is 6.52. The van der Waals surface area contributed by atoms with Gasteiger partial charge in [-0.1, -0.05) is 5.57 Å². The second-order valence-corrected chi connectivity index (χ2v) is 8.69. The molecule has 0 radical (unpaired) electrons. The van der Waals surface area contributed by atoms with E-state index in [1.54, 1.807) is 0 Å². The lowest BCUT2D eigenvalue weighted by atomic mass is 9.54. The van der Waals surface area contributed by atoms with Crippen molar-refractivity contribution in [3.63, 3.8) is 0 Å². The highest BCUT2D eigenvalue weighted by atomic mass is 16.6. The molecule has 2 N–H and O–H groups in total. The average molecular weight is 362 g/mol. The van der Waals surface area contributed by atoms with Gasteiger partial charge in [-0.15, -0.1) is 0 Å². The summed E-state index contributed by atoms with van der Waals surface area (Å²) in [7, 11) is 0. The van der Waals surface area contributed by atoms with Gasteiger partial charge < -0.3 is 20.1 Å². The fraction of sp³-hybridized carbons (Fsp3) is 0.800. The van der Waals surface area contributed by atoms with Gasteiger partial charge in [-0.25, -0.2) is 0 Å². The van der Waals surface area contributed by atoms with Gasteiger partial charge in [-0.3, -0.25) is 9.59 Å². The largest absolute Gasteiger partial charge is 0.381 e. The van der Waals surface area contributed by atoms with Crippen LogP contribution in [0.4, 0.5) is 0 Å². The van der Waals surface area contributed by atoms with E-state index < -0.39 is 0 Å². The minimum Gasteiger partial charge on any atom is -0.381 e. The fourth-order valence-corrected chi connectivity index (χ4v) is 5.23. The lowest BCUT2D eigenvalue weighted by Gasteiger charge is -2.47. The summed E-state index contributed by atoms with van der Waals surface area (Å²) in [5, 5.41) is 6.05. The van der Waals surface area contributed by atoms with Crippen molar-refractivity contribution < 1.29 is 19.1 Å². The van der Waals surface area contributed by atoms with Crippen LogP contribution >= 0.6 is 0 Å². The Balaban J connectivity index is 1.26. The van der Waals surface area contributed by atoms with E-state index in [4.69, 9.17) is 9.47 Å². The van der Waals surface area contributed by atoms with Crippen LogP contribution in [0.2, 0.25) is 0 Å². The van der Waals surface area contributed by atoms with Crippen molar-refractivity contribution >= 4 is 11.8 Å². The number of carbonyl (C=O) groups is 2. The summed E-state index contributed by atoms with van der Waals surface area (Å²) in [6.07, 6.45) is 6.10. The molecule has 2 aliphatic carbocycles. The highest BCUT2D eigenvalue weighted by Crippen LogP contribution is 2.69. The molecule has 26 heavy (non-hydrogen) atoms. The number of amides is 2. The quantitative estimate of drug-likeness (QED) is 0.558. The highest BCUT2D eigenvalue weighted by Gasteiger charge is 2.76. The van der Waals surface area contributed by atoms with E-state index in [1.165, 1.54) is 5.57 Å². The number of nitrogens with one attached hydrogen (secondary N) is 2. The molecule has 5 rings (SSSR count). The van der Waals surface area contributed by atoms with Crippen LogP contribution in [-0.2, 0) is 19.1 Å².